The zero-order chi connectivity index (χ0) is 38.5. The monoisotopic (exact) mass is 828 g/mol. The first-order valence-corrected chi connectivity index (χ1v) is 24.6. The second-order valence-corrected chi connectivity index (χ2v) is 17.4. The van der Waals surface area contributed by atoms with Crippen LogP contribution in [0.25, 0.3) is 0 Å². The van der Waals surface area contributed by atoms with Crippen LogP contribution in [0.2, 0.25) is 8.87 Å². The molecule has 0 aromatic carbocycles. The minimum absolute atomic E-state index is 0.149. The summed E-state index contributed by atoms with van der Waals surface area (Å²) in [5.74, 6) is -4.01. The van der Waals surface area contributed by atoms with Crippen molar-refractivity contribution >= 4 is 45.0 Å². The van der Waals surface area contributed by atoms with E-state index in [2.05, 4.69) is 27.7 Å². The van der Waals surface area contributed by atoms with E-state index < -0.39 is 23.9 Å². The van der Waals surface area contributed by atoms with Crippen molar-refractivity contribution in [1.82, 2.24) is 0 Å². The molecule has 0 aliphatic rings. The van der Waals surface area contributed by atoms with Crippen LogP contribution in [0.4, 0.5) is 0 Å². The van der Waals surface area contributed by atoms with E-state index in [1.165, 1.54) is 141 Å². The van der Waals surface area contributed by atoms with Gasteiger partial charge in [-0.05, 0) is 25.0 Å². The van der Waals surface area contributed by atoms with Gasteiger partial charge in [0.1, 0.15) is 0 Å². The van der Waals surface area contributed by atoms with E-state index >= 15 is 0 Å². The van der Waals surface area contributed by atoms with E-state index in [1.54, 1.807) is 8.87 Å². The molecule has 0 saturated carbocycles. The molecule has 0 spiro atoms. The van der Waals surface area contributed by atoms with Gasteiger partial charge in [-0.25, -0.2) is 9.59 Å². The molecule has 0 fully saturated rings. The van der Waals surface area contributed by atoms with Crippen LogP contribution in [0, 0.1) is 0 Å². The Morgan fingerprint density at radius 2 is 0.647 bits per heavy atom. The molecular formula is C42H76O8Sn. The topological polar surface area (TPSA) is 133 Å². The summed E-state index contributed by atoms with van der Waals surface area (Å²) in [4.78, 5) is 42.2. The van der Waals surface area contributed by atoms with Gasteiger partial charge in [-0.2, -0.15) is 0 Å². The summed E-state index contributed by atoms with van der Waals surface area (Å²) in [5.41, 5.74) is 0. The van der Waals surface area contributed by atoms with Crippen molar-refractivity contribution in [2.45, 2.75) is 204 Å². The van der Waals surface area contributed by atoms with Crippen molar-refractivity contribution in [3.63, 3.8) is 0 Å². The van der Waals surface area contributed by atoms with Crippen molar-refractivity contribution in [3.8, 4) is 0 Å². The Morgan fingerprint density at radius 1 is 0.392 bits per heavy atom. The molecule has 0 rings (SSSR count). The molecule has 9 heteroatoms. The van der Waals surface area contributed by atoms with Crippen molar-refractivity contribution in [2.75, 3.05) is 13.2 Å². The van der Waals surface area contributed by atoms with E-state index in [-0.39, 0.29) is 21.1 Å². The Hall–Kier alpha value is -1.84. The molecule has 0 aliphatic heterocycles. The van der Waals surface area contributed by atoms with E-state index in [4.69, 9.17) is 9.47 Å². The molecule has 0 aromatic heterocycles. The maximum atomic E-state index is 11.0. The van der Waals surface area contributed by atoms with Gasteiger partial charge in [0, 0.05) is 12.2 Å². The number of rotatable bonds is 34. The van der Waals surface area contributed by atoms with Crippen LogP contribution in [0.15, 0.2) is 24.3 Å². The predicted molar refractivity (Wildman–Crippen MR) is 208 cm³/mol. The average molecular weight is 828 g/mol. The van der Waals surface area contributed by atoms with Crippen LogP contribution < -0.4 is 10.2 Å². The molecule has 0 amide bonds. The molecule has 0 heterocycles. The third-order valence-corrected chi connectivity index (χ3v) is 12.1. The first-order chi connectivity index (χ1) is 24.7. The van der Waals surface area contributed by atoms with Crippen molar-refractivity contribution in [3.05, 3.63) is 24.3 Å². The van der Waals surface area contributed by atoms with Crippen LogP contribution >= 0.6 is 0 Å². The van der Waals surface area contributed by atoms with Gasteiger partial charge in [0.15, 0.2) is 0 Å². The van der Waals surface area contributed by atoms with Gasteiger partial charge in [-0.3, -0.25) is 0 Å². The van der Waals surface area contributed by atoms with Gasteiger partial charge in [-0.1, -0.05) is 142 Å². The number of aliphatic carboxylic acids is 2. The fraction of sp³-hybridized carbons (Fsp3) is 0.810. The molecule has 0 bridgehead atoms. The molecule has 0 unspecified atom stereocenters. The molecule has 0 aromatic rings. The summed E-state index contributed by atoms with van der Waals surface area (Å²) in [6, 6.07) is 0. The van der Waals surface area contributed by atoms with Crippen LogP contribution in [-0.4, -0.2) is 58.2 Å². The van der Waals surface area contributed by atoms with Gasteiger partial charge in [0.25, 0.3) is 0 Å². The summed E-state index contributed by atoms with van der Waals surface area (Å²) < 4.78 is 13.0. The second kappa shape index (κ2) is 48.2. The number of carboxylic acids is 2. The van der Waals surface area contributed by atoms with Crippen LogP contribution in [0.5, 0.6) is 0 Å². The van der Waals surface area contributed by atoms with Gasteiger partial charge < -0.3 is 29.3 Å². The van der Waals surface area contributed by atoms with Crippen LogP contribution in [-0.2, 0) is 28.7 Å². The van der Waals surface area contributed by atoms with Gasteiger partial charge in [-0.15, -0.1) is 0 Å². The number of carboxylic acid groups (broad SMARTS) is 2. The molecule has 296 valence electrons. The number of carbonyl (C=O) groups is 4. The third-order valence-electron chi connectivity index (χ3n) is 8.11. The van der Waals surface area contributed by atoms with E-state index in [0.29, 0.717) is 25.4 Å². The number of hydrogen-bond acceptors (Lipinski definition) is 8. The zero-order valence-electron chi connectivity index (χ0n) is 33.3. The van der Waals surface area contributed by atoms with Gasteiger partial charge in [0.05, 0.1) is 25.2 Å². The SMILES string of the molecule is CCCCCCCCCCCCCOC(=O)C=CC(=O)[O-].CCCCCCCCCCCCCOC(=O)C=CC(=O)[O-].CCC[CH2][Sn+2][CH2]CCC. The Bertz CT molecular complexity index is 762. The molecule has 0 radical (unpaired) electrons. The molecule has 51 heavy (non-hydrogen) atoms. The normalized spacial score (nSPS) is 10.6. The number of esters is 2. The van der Waals surface area contributed by atoms with E-state index in [0.717, 1.165) is 37.8 Å². The maximum absolute atomic E-state index is 11.0. The molecule has 8 nitrogen and oxygen atoms in total. The first-order valence-electron chi connectivity index (χ1n) is 20.6. The number of unbranched alkanes of at least 4 members (excludes halogenated alkanes) is 22. The standard InChI is InChI=1S/2C17H30O4.2C4H9.Sn/c2*1-2-3-4-5-6-7-8-9-10-11-12-15-21-17(20)14-13-16(18)19;2*1-3-4-2;/h2*13-14H,2-12,15H2,1H3,(H,18,19);2*1,3-4H2,2H3;/q;;;;+2/p-2. The van der Waals surface area contributed by atoms with Crippen LogP contribution in [0.3, 0.4) is 0 Å². The fourth-order valence-corrected chi connectivity index (χ4v) is 9.13. The van der Waals surface area contributed by atoms with E-state index in [1.807, 2.05) is 0 Å². The fourth-order valence-electron chi connectivity index (χ4n) is 4.98. The number of hydrogen-bond donors (Lipinski definition) is 0. The predicted octanol–water partition coefficient (Wildman–Crippen LogP) is 9.42. The molecule has 0 atom stereocenters. The van der Waals surface area contributed by atoms with Crippen molar-refractivity contribution in [2.24, 2.45) is 0 Å². The summed E-state index contributed by atoms with van der Waals surface area (Å²) in [5, 5.41) is 20.1. The molecule has 0 N–H and O–H groups in total. The van der Waals surface area contributed by atoms with Gasteiger partial charge in [0.2, 0.25) is 0 Å². The Kier molecular flexibility index (Phi) is 50.5. The van der Waals surface area contributed by atoms with Crippen LogP contribution in [0.1, 0.15) is 195 Å². The Balaban J connectivity index is -0.000000731. The average Bonchev–Trinajstić information content (AvgIpc) is 3.11. The van der Waals surface area contributed by atoms with E-state index in [9.17, 15) is 29.4 Å². The number of carbonyl (C=O) groups excluding carboxylic acids is 4. The summed E-state index contributed by atoms with van der Waals surface area (Å²) >= 11 is 0.149. The van der Waals surface area contributed by atoms with Crippen molar-refractivity contribution in [1.29, 1.82) is 0 Å². The van der Waals surface area contributed by atoms with Crippen molar-refractivity contribution < 1.29 is 38.9 Å². The number of ether oxygens (including phenoxy) is 2. The molecule has 0 saturated heterocycles. The summed E-state index contributed by atoms with van der Waals surface area (Å²) in [6.45, 7) is 9.76. The molecular weight excluding hydrogens is 751 g/mol. The summed E-state index contributed by atoms with van der Waals surface area (Å²) in [6.07, 6.45) is 36.3. The Morgan fingerprint density at radius 3 is 0.902 bits per heavy atom. The zero-order valence-corrected chi connectivity index (χ0v) is 36.1. The minimum atomic E-state index is -1.39. The second-order valence-electron chi connectivity index (χ2n) is 13.2. The van der Waals surface area contributed by atoms with Gasteiger partial charge >= 0.3 is 81.5 Å². The quantitative estimate of drug-likeness (QED) is 0.0271. The third kappa shape index (κ3) is 57.7. The Labute approximate surface area is 323 Å². The first kappa shape index (κ1) is 53.5. The molecule has 0 aliphatic carbocycles. The summed E-state index contributed by atoms with van der Waals surface area (Å²) in [7, 11) is 0.